The van der Waals surface area contributed by atoms with E-state index in [1.165, 1.54) is 31.4 Å². The first-order valence-electron chi connectivity index (χ1n) is 8.84. The molecule has 2 aromatic heterocycles. The van der Waals surface area contributed by atoms with Crippen LogP contribution >= 0.6 is 11.8 Å². The molecule has 1 aliphatic heterocycles. The number of piperidine rings is 1. The number of aromatic nitrogens is 4. The summed E-state index contributed by atoms with van der Waals surface area (Å²) in [6.45, 7) is 4.21. The third kappa shape index (κ3) is 3.22. The molecule has 1 saturated heterocycles. The number of hydrogen-bond donors (Lipinski definition) is 0. The Labute approximate surface area is 147 Å². The van der Waals surface area contributed by atoms with Gasteiger partial charge >= 0.3 is 0 Å². The van der Waals surface area contributed by atoms with Gasteiger partial charge in [-0.05, 0) is 56.1 Å². The van der Waals surface area contributed by atoms with Gasteiger partial charge in [-0.3, -0.25) is 4.90 Å². The molecule has 0 amide bonds. The first-order chi connectivity index (χ1) is 11.7. The van der Waals surface area contributed by atoms with E-state index in [1.54, 1.807) is 0 Å². The molecule has 6 heteroatoms. The van der Waals surface area contributed by atoms with Crippen molar-refractivity contribution in [3.63, 3.8) is 0 Å². The number of hydrogen-bond acceptors (Lipinski definition) is 5. The molecule has 24 heavy (non-hydrogen) atoms. The summed E-state index contributed by atoms with van der Waals surface area (Å²) in [7, 11) is 0. The summed E-state index contributed by atoms with van der Waals surface area (Å²) in [4.78, 5) is 12.0. The highest BCUT2D eigenvalue weighted by Gasteiger charge is 2.38. The van der Waals surface area contributed by atoms with Crippen LogP contribution in [0.1, 0.15) is 36.5 Å². The zero-order chi connectivity index (χ0) is 16.5. The summed E-state index contributed by atoms with van der Waals surface area (Å²) in [5.41, 5.74) is 1.20. The maximum absolute atomic E-state index is 4.86. The van der Waals surface area contributed by atoms with E-state index in [4.69, 9.17) is 10.1 Å². The van der Waals surface area contributed by atoms with E-state index in [-0.39, 0.29) is 0 Å². The normalized spacial score (nSPS) is 23.2. The molecule has 4 rings (SSSR count). The lowest BCUT2D eigenvalue weighted by Gasteiger charge is -2.26. The van der Waals surface area contributed by atoms with Gasteiger partial charge in [0.1, 0.15) is 5.82 Å². The summed E-state index contributed by atoms with van der Waals surface area (Å²) in [6, 6.07) is 4.86. The molecule has 3 heterocycles. The lowest BCUT2D eigenvalue weighted by atomic mass is 10.1. The topological polar surface area (TPSA) is 46.8 Å². The highest BCUT2D eigenvalue weighted by molar-refractivity contribution is 7.98. The van der Waals surface area contributed by atoms with Gasteiger partial charge in [0.2, 0.25) is 0 Å². The van der Waals surface area contributed by atoms with Gasteiger partial charge in [-0.1, -0.05) is 0 Å². The van der Waals surface area contributed by atoms with E-state index in [9.17, 15) is 0 Å². The zero-order valence-corrected chi connectivity index (χ0v) is 15.3. The molecular formula is C18H25N5S. The summed E-state index contributed by atoms with van der Waals surface area (Å²) in [6.07, 6.45) is 9.03. The van der Waals surface area contributed by atoms with Crippen LogP contribution in [0, 0.1) is 12.8 Å². The minimum absolute atomic E-state index is 0.750. The molecule has 0 spiro atoms. The Kier molecular flexibility index (Phi) is 4.59. The Morgan fingerprint density at radius 3 is 2.96 bits per heavy atom. The molecule has 1 saturated carbocycles. The van der Waals surface area contributed by atoms with E-state index in [2.05, 4.69) is 29.1 Å². The molecule has 1 aliphatic carbocycles. The van der Waals surface area contributed by atoms with E-state index in [1.807, 2.05) is 28.7 Å². The third-order valence-corrected chi connectivity index (χ3v) is 5.85. The lowest BCUT2D eigenvalue weighted by molar-refractivity contribution is 0.199. The Balaban J connectivity index is 1.62. The molecule has 0 unspecified atom stereocenters. The van der Waals surface area contributed by atoms with Crippen molar-refractivity contribution >= 4 is 11.8 Å². The van der Waals surface area contributed by atoms with Crippen LogP contribution in [0.15, 0.2) is 18.3 Å². The van der Waals surface area contributed by atoms with Crippen LogP contribution < -0.4 is 0 Å². The van der Waals surface area contributed by atoms with Crippen LogP contribution in [0.2, 0.25) is 0 Å². The van der Waals surface area contributed by atoms with Crippen molar-refractivity contribution in [2.45, 2.75) is 45.2 Å². The van der Waals surface area contributed by atoms with Crippen molar-refractivity contribution in [3.05, 3.63) is 35.5 Å². The second kappa shape index (κ2) is 6.84. The molecule has 128 valence electrons. The Morgan fingerprint density at radius 2 is 2.25 bits per heavy atom. The van der Waals surface area contributed by atoms with E-state index >= 15 is 0 Å². The number of likely N-dealkylation sites (tertiary alicyclic amines) is 1. The van der Waals surface area contributed by atoms with Gasteiger partial charge in [0.15, 0.2) is 11.6 Å². The van der Waals surface area contributed by atoms with Crippen LogP contribution in [0.5, 0.6) is 0 Å². The van der Waals surface area contributed by atoms with Crippen LogP contribution in [0.4, 0.5) is 0 Å². The van der Waals surface area contributed by atoms with Crippen LogP contribution in [0.3, 0.4) is 0 Å². The summed E-state index contributed by atoms with van der Waals surface area (Å²) in [5, 5.41) is 4.77. The predicted octanol–water partition coefficient (Wildman–Crippen LogP) is 2.86. The minimum atomic E-state index is 0.750. The number of rotatable bonds is 6. The first kappa shape index (κ1) is 16.1. The molecule has 5 nitrogen and oxygen atoms in total. The second-order valence-electron chi connectivity index (χ2n) is 7.05. The maximum atomic E-state index is 4.86. The minimum Gasteiger partial charge on any atom is -0.293 e. The van der Waals surface area contributed by atoms with Gasteiger partial charge in [0, 0.05) is 31.0 Å². The highest BCUT2D eigenvalue weighted by atomic mass is 32.2. The first-order valence-corrected chi connectivity index (χ1v) is 10.2. The van der Waals surface area contributed by atoms with Crippen molar-refractivity contribution in [1.29, 1.82) is 0 Å². The Morgan fingerprint density at radius 1 is 1.33 bits per heavy atom. The molecular weight excluding hydrogens is 318 g/mol. The van der Waals surface area contributed by atoms with E-state index in [0.717, 1.165) is 48.1 Å². The third-order valence-electron chi connectivity index (χ3n) is 5.23. The Hall–Kier alpha value is -1.40. The molecule has 2 aliphatic rings. The largest absolute Gasteiger partial charge is 0.293 e. The number of nitrogens with zero attached hydrogens (tertiary/aromatic N) is 5. The Bertz CT molecular complexity index is 713. The maximum Gasteiger partial charge on any atom is 0.155 e. The summed E-state index contributed by atoms with van der Waals surface area (Å²) >= 11 is 1.84. The van der Waals surface area contributed by atoms with Gasteiger partial charge in [0.25, 0.3) is 0 Å². The molecule has 0 radical (unpaired) electrons. The molecule has 2 bridgehead atoms. The quantitative estimate of drug-likeness (QED) is 0.807. The number of thioether (sulfide) groups is 1. The molecule has 0 aromatic carbocycles. The van der Waals surface area contributed by atoms with Gasteiger partial charge < -0.3 is 0 Å². The molecule has 2 aromatic rings. The molecule has 0 N–H and O–H groups in total. The molecule has 2 atom stereocenters. The fourth-order valence-corrected chi connectivity index (χ4v) is 4.40. The monoisotopic (exact) mass is 343 g/mol. The van der Waals surface area contributed by atoms with E-state index in [0.29, 0.717) is 0 Å². The zero-order valence-electron chi connectivity index (χ0n) is 14.5. The highest BCUT2D eigenvalue weighted by Crippen LogP contribution is 2.38. The smallest absolute Gasteiger partial charge is 0.155 e. The fraction of sp³-hybridized carbons (Fsp3) is 0.611. The standard InChI is InChI=1S/C18H25N5S/c1-13-5-7-19-17(9-13)23-18(20-16(21-23)6-8-24-2)12-22-11-14-3-4-15(22)10-14/h5,7,9,14-15H,3-4,6,8,10-12H2,1-2H3/t14-,15+/m1/s1. The van der Waals surface area contributed by atoms with Crippen LogP contribution in [0.25, 0.3) is 5.82 Å². The molecule has 2 fully saturated rings. The van der Waals surface area contributed by atoms with Gasteiger partial charge in [-0.25, -0.2) is 9.97 Å². The predicted molar refractivity (Wildman–Crippen MR) is 97.5 cm³/mol. The number of fused-ring (bicyclic) bond motifs is 2. The van der Waals surface area contributed by atoms with Crippen LogP contribution in [-0.4, -0.2) is 49.2 Å². The summed E-state index contributed by atoms with van der Waals surface area (Å²) in [5.74, 6) is 4.82. The van der Waals surface area contributed by atoms with Gasteiger partial charge in [-0.2, -0.15) is 16.4 Å². The SMILES string of the molecule is CSCCc1nc(CN2C[C@@H]3CC[C@H]2C3)n(-c2cc(C)ccn2)n1. The van der Waals surface area contributed by atoms with Crippen molar-refractivity contribution in [1.82, 2.24) is 24.6 Å². The average molecular weight is 344 g/mol. The lowest BCUT2D eigenvalue weighted by Crippen LogP contribution is -2.32. The average Bonchev–Trinajstić information content (AvgIpc) is 3.28. The van der Waals surface area contributed by atoms with Crippen molar-refractivity contribution in [2.75, 3.05) is 18.6 Å². The van der Waals surface area contributed by atoms with E-state index < -0.39 is 0 Å². The van der Waals surface area contributed by atoms with Crippen molar-refractivity contribution in [2.24, 2.45) is 5.92 Å². The van der Waals surface area contributed by atoms with Crippen LogP contribution in [-0.2, 0) is 13.0 Å². The van der Waals surface area contributed by atoms with Gasteiger partial charge in [0.05, 0.1) is 6.54 Å². The number of aryl methyl sites for hydroxylation is 2. The summed E-state index contributed by atoms with van der Waals surface area (Å²) < 4.78 is 1.97. The fourth-order valence-electron chi connectivity index (χ4n) is 4.01. The van der Waals surface area contributed by atoms with Crippen molar-refractivity contribution in [3.8, 4) is 5.82 Å². The van der Waals surface area contributed by atoms with Crippen molar-refractivity contribution < 1.29 is 0 Å². The number of pyridine rings is 1. The second-order valence-corrected chi connectivity index (χ2v) is 8.04. The van der Waals surface area contributed by atoms with Gasteiger partial charge in [-0.15, -0.1) is 5.10 Å².